The smallest absolute Gasteiger partial charge is 0.391 e. The molecule has 1 saturated heterocycles. The molecule has 16 heavy (non-hydrogen) atoms. The molecule has 5 heteroatoms. The quantitative estimate of drug-likeness (QED) is 0.775. The summed E-state index contributed by atoms with van der Waals surface area (Å²) in [6, 6.07) is 4.70. The van der Waals surface area contributed by atoms with Gasteiger partial charge < -0.3 is 10.4 Å². The van der Waals surface area contributed by atoms with Crippen molar-refractivity contribution in [2.45, 2.75) is 24.7 Å². The van der Waals surface area contributed by atoms with E-state index < -0.39 is 17.8 Å². The highest BCUT2D eigenvalue weighted by Gasteiger charge is 2.32. The number of nitrogens with one attached hydrogen (secondary N) is 1. The molecular formula is C11H12F3NO. The van der Waals surface area contributed by atoms with Gasteiger partial charge in [-0.05, 0) is 30.7 Å². The number of halogens is 3. The Balaban J connectivity index is 2.29. The normalized spacial score (nSPS) is 26.0. The molecule has 0 bridgehead atoms. The Hall–Kier alpha value is -1.07. The van der Waals surface area contributed by atoms with E-state index in [1.165, 1.54) is 6.07 Å². The zero-order valence-electron chi connectivity index (χ0n) is 8.46. The largest absolute Gasteiger partial charge is 0.416 e. The van der Waals surface area contributed by atoms with Gasteiger partial charge in [-0.25, -0.2) is 0 Å². The summed E-state index contributed by atoms with van der Waals surface area (Å²) in [7, 11) is 0. The fourth-order valence-electron chi connectivity index (χ4n) is 1.94. The minimum atomic E-state index is -4.33. The molecule has 0 spiro atoms. The number of aliphatic hydroxyl groups is 1. The van der Waals surface area contributed by atoms with Crippen LogP contribution >= 0.6 is 0 Å². The van der Waals surface area contributed by atoms with Gasteiger partial charge in [-0.3, -0.25) is 0 Å². The number of aliphatic hydroxyl groups excluding tert-OH is 1. The standard InChI is InChI=1S/C11H12F3NO/c12-11(13,14)8-3-1-2-7(6-8)10-9(16)4-5-15-10/h1-3,6,9-10,15-16H,4-5H2. The average Bonchev–Trinajstić information content (AvgIpc) is 2.63. The van der Waals surface area contributed by atoms with Crippen molar-refractivity contribution in [3.05, 3.63) is 35.4 Å². The Morgan fingerprint density at radius 3 is 2.62 bits per heavy atom. The van der Waals surface area contributed by atoms with E-state index in [-0.39, 0.29) is 6.04 Å². The van der Waals surface area contributed by atoms with E-state index in [4.69, 9.17) is 0 Å². The molecule has 88 valence electrons. The van der Waals surface area contributed by atoms with Crippen molar-refractivity contribution in [3.63, 3.8) is 0 Å². The molecule has 1 aliphatic heterocycles. The van der Waals surface area contributed by atoms with Gasteiger partial charge in [0.25, 0.3) is 0 Å². The molecular weight excluding hydrogens is 219 g/mol. The molecule has 1 fully saturated rings. The van der Waals surface area contributed by atoms with E-state index in [1.807, 2.05) is 0 Å². The predicted molar refractivity (Wildman–Crippen MR) is 52.8 cm³/mol. The molecule has 2 unspecified atom stereocenters. The number of benzene rings is 1. The van der Waals surface area contributed by atoms with Gasteiger partial charge >= 0.3 is 6.18 Å². The second-order valence-corrected chi connectivity index (χ2v) is 3.91. The van der Waals surface area contributed by atoms with Crippen LogP contribution in [0.5, 0.6) is 0 Å². The molecule has 2 rings (SSSR count). The topological polar surface area (TPSA) is 32.3 Å². The van der Waals surface area contributed by atoms with E-state index in [0.29, 0.717) is 18.5 Å². The van der Waals surface area contributed by atoms with Gasteiger partial charge in [0.2, 0.25) is 0 Å². The summed E-state index contributed by atoms with van der Waals surface area (Å²) in [6.45, 7) is 0.627. The molecule has 1 aromatic carbocycles. The molecule has 1 heterocycles. The molecule has 0 aliphatic carbocycles. The lowest BCUT2D eigenvalue weighted by atomic mass is 10.0. The van der Waals surface area contributed by atoms with E-state index >= 15 is 0 Å². The monoisotopic (exact) mass is 231 g/mol. The van der Waals surface area contributed by atoms with Crippen molar-refractivity contribution in [2.24, 2.45) is 0 Å². The Bertz CT molecular complexity index is 378. The summed E-state index contributed by atoms with van der Waals surface area (Å²) in [6.07, 6.45) is -4.37. The first-order valence-corrected chi connectivity index (χ1v) is 5.07. The minimum absolute atomic E-state index is 0.387. The summed E-state index contributed by atoms with van der Waals surface area (Å²) < 4.78 is 37.4. The van der Waals surface area contributed by atoms with Gasteiger partial charge in [0.15, 0.2) is 0 Å². The third-order valence-electron chi connectivity index (χ3n) is 2.76. The van der Waals surface area contributed by atoms with Gasteiger partial charge in [0.1, 0.15) is 0 Å². The second kappa shape index (κ2) is 4.07. The lowest BCUT2D eigenvalue weighted by Gasteiger charge is -2.16. The summed E-state index contributed by atoms with van der Waals surface area (Å²) in [5.41, 5.74) is -0.189. The fourth-order valence-corrected chi connectivity index (χ4v) is 1.94. The van der Waals surface area contributed by atoms with Crippen LogP contribution in [0.25, 0.3) is 0 Å². The molecule has 0 aromatic heterocycles. The van der Waals surface area contributed by atoms with Crippen LogP contribution in [0.2, 0.25) is 0 Å². The first kappa shape index (κ1) is 11.4. The van der Waals surface area contributed by atoms with Crippen molar-refractivity contribution in [2.75, 3.05) is 6.54 Å². The summed E-state index contributed by atoms with van der Waals surface area (Å²) in [4.78, 5) is 0. The van der Waals surface area contributed by atoms with Gasteiger partial charge in [0.05, 0.1) is 17.7 Å². The molecule has 2 atom stereocenters. The van der Waals surface area contributed by atoms with Crippen LogP contribution < -0.4 is 5.32 Å². The Labute approximate surface area is 91.1 Å². The summed E-state index contributed by atoms with van der Waals surface area (Å²) in [5, 5.41) is 12.6. The third-order valence-corrected chi connectivity index (χ3v) is 2.76. The van der Waals surface area contributed by atoms with Crippen molar-refractivity contribution < 1.29 is 18.3 Å². The van der Waals surface area contributed by atoms with Gasteiger partial charge in [-0.2, -0.15) is 13.2 Å². The van der Waals surface area contributed by atoms with E-state index in [0.717, 1.165) is 12.1 Å². The van der Waals surface area contributed by atoms with Crippen LogP contribution in [0.1, 0.15) is 23.6 Å². The molecule has 1 aliphatic rings. The van der Waals surface area contributed by atoms with Crippen molar-refractivity contribution in [3.8, 4) is 0 Å². The number of rotatable bonds is 1. The molecule has 0 radical (unpaired) electrons. The van der Waals surface area contributed by atoms with Gasteiger partial charge in [-0.15, -0.1) is 0 Å². The van der Waals surface area contributed by atoms with Crippen LogP contribution in [0.3, 0.4) is 0 Å². The van der Waals surface area contributed by atoms with Gasteiger partial charge in [0, 0.05) is 0 Å². The predicted octanol–water partition coefficient (Wildman–Crippen LogP) is 2.10. The molecule has 0 amide bonds. The maximum Gasteiger partial charge on any atom is 0.416 e. The Morgan fingerprint density at radius 1 is 1.31 bits per heavy atom. The van der Waals surface area contributed by atoms with E-state index in [9.17, 15) is 18.3 Å². The summed E-state index contributed by atoms with van der Waals surface area (Å²) in [5.74, 6) is 0. The lowest BCUT2D eigenvalue weighted by molar-refractivity contribution is -0.137. The highest BCUT2D eigenvalue weighted by atomic mass is 19.4. The van der Waals surface area contributed by atoms with Gasteiger partial charge in [-0.1, -0.05) is 12.1 Å². The number of hydrogen-bond acceptors (Lipinski definition) is 2. The first-order valence-electron chi connectivity index (χ1n) is 5.07. The summed E-state index contributed by atoms with van der Waals surface area (Å²) >= 11 is 0. The SMILES string of the molecule is OC1CCNC1c1cccc(C(F)(F)F)c1. The zero-order valence-corrected chi connectivity index (χ0v) is 8.46. The molecule has 2 N–H and O–H groups in total. The van der Waals surface area contributed by atoms with Crippen molar-refractivity contribution in [1.82, 2.24) is 5.32 Å². The Kier molecular flexibility index (Phi) is 2.90. The highest BCUT2D eigenvalue weighted by Crippen LogP contribution is 2.32. The molecule has 0 saturated carbocycles. The number of hydrogen-bond donors (Lipinski definition) is 2. The average molecular weight is 231 g/mol. The van der Waals surface area contributed by atoms with E-state index in [2.05, 4.69) is 5.32 Å². The second-order valence-electron chi connectivity index (χ2n) is 3.91. The van der Waals surface area contributed by atoms with Crippen molar-refractivity contribution in [1.29, 1.82) is 0 Å². The lowest BCUT2D eigenvalue weighted by Crippen LogP contribution is -2.21. The third kappa shape index (κ3) is 2.20. The van der Waals surface area contributed by atoms with E-state index in [1.54, 1.807) is 6.07 Å². The fraction of sp³-hybridized carbons (Fsp3) is 0.455. The van der Waals surface area contributed by atoms with Crippen LogP contribution in [0.4, 0.5) is 13.2 Å². The van der Waals surface area contributed by atoms with Crippen LogP contribution in [0.15, 0.2) is 24.3 Å². The van der Waals surface area contributed by atoms with Crippen LogP contribution in [-0.2, 0) is 6.18 Å². The zero-order chi connectivity index (χ0) is 11.8. The van der Waals surface area contributed by atoms with Crippen molar-refractivity contribution >= 4 is 0 Å². The molecule has 2 nitrogen and oxygen atoms in total. The maximum absolute atomic E-state index is 12.5. The first-order chi connectivity index (χ1) is 7.48. The maximum atomic E-state index is 12.5. The number of alkyl halides is 3. The minimum Gasteiger partial charge on any atom is -0.391 e. The molecule has 1 aromatic rings. The van der Waals surface area contributed by atoms with Crippen LogP contribution in [0, 0.1) is 0 Å². The highest BCUT2D eigenvalue weighted by molar-refractivity contribution is 5.29. The Morgan fingerprint density at radius 2 is 2.06 bits per heavy atom. The van der Waals surface area contributed by atoms with Crippen LogP contribution in [-0.4, -0.2) is 17.8 Å².